The molecule has 1 N–H and O–H groups in total. The summed E-state index contributed by atoms with van der Waals surface area (Å²) < 4.78 is 5.24. The first-order valence-electron chi connectivity index (χ1n) is 5.72. The minimum absolute atomic E-state index is 0.732. The fourth-order valence-corrected chi connectivity index (χ4v) is 2.15. The number of nitrogens with one attached hydrogen (secondary N) is 1. The smallest absolute Gasteiger partial charge is 0.121 e. The lowest BCUT2D eigenvalue weighted by Gasteiger charge is -2.29. The number of anilines is 1. The summed E-state index contributed by atoms with van der Waals surface area (Å²) >= 11 is 0. The van der Waals surface area contributed by atoms with Gasteiger partial charge in [-0.15, -0.1) is 0 Å². The summed E-state index contributed by atoms with van der Waals surface area (Å²) in [6.07, 6.45) is 3.21. The molecule has 0 radical (unpaired) electrons. The molecule has 86 valence electrons. The second-order valence-corrected chi connectivity index (χ2v) is 4.21. The molecule has 16 heavy (non-hydrogen) atoms. The van der Waals surface area contributed by atoms with E-state index in [4.69, 9.17) is 10.1 Å². The molecule has 0 amide bonds. The molecule has 1 aromatic rings. The first-order valence-corrected chi connectivity index (χ1v) is 5.72. The van der Waals surface area contributed by atoms with Gasteiger partial charge in [0.05, 0.1) is 7.11 Å². The van der Waals surface area contributed by atoms with Crippen LogP contribution >= 0.6 is 0 Å². The largest absolute Gasteiger partial charge is 0.496 e. The van der Waals surface area contributed by atoms with Crippen molar-refractivity contribution >= 4 is 11.5 Å². The fraction of sp³-hybridized carbons (Fsp3) is 0.462. The Morgan fingerprint density at radius 3 is 2.75 bits per heavy atom. The molecule has 3 nitrogen and oxygen atoms in total. The van der Waals surface area contributed by atoms with E-state index >= 15 is 0 Å². The Labute approximate surface area is 96.5 Å². The van der Waals surface area contributed by atoms with Crippen molar-refractivity contribution in [3.8, 4) is 5.75 Å². The first-order chi connectivity index (χ1) is 7.72. The zero-order valence-corrected chi connectivity index (χ0v) is 9.92. The fourth-order valence-electron chi connectivity index (χ4n) is 2.15. The number of piperidine rings is 1. The molecule has 0 spiro atoms. The summed E-state index contributed by atoms with van der Waals surface area (Å²) in [6.45, 7) is 3.00. The Bertz CT molecular complexity index is 401. The molecule has 0 aliphatic carbocycles. The summed E-state index contributed by atoms with van der Waals surface area (Å²) in [5.41, 5.74) is 2.24. The van der Waals surface area contributed by atoms with Crippen molar-refractivity contribution in [3.63, 3.8) is 0 Å². The minimum atomic E-state index is 0.732. The molecule has 1 fully saturated rings. The number of benzene rings is 1. The monoisotopic (exact) mass is 218 g/mol. The van der Waals surface area contributed by atoms with Crippen LogP contribution in [0.3, 0.4) is 0 Å². The number of rotatable bonds is 2. The van der Waals surface area contributed by atoms with Crippen LogP contribution in [0, 0.1) is 12.3 Å². The van der Waals surface area contributed by atoms with E-state index in [1.54, 1.807) is 7.11 Å². The van der Waals surface area contributed by atoms with Crippen LogP contribution in [0.1, 0.15) is 24.8 Å². The third-order valence-electron chi connectivity index (χ3n) is 3.06. The van der Waals surface area contributed by atoms with Gasteiger partial charge in [-0.25, -0.2) is 0 Å². The van der Waals surface area contributed by atoms with Crippen molar-refractivity contribution in [2.75, 3.05) is 18.6 Å². The van der Waals surface area contributed by atoms with Gasteiger partial charge in [-0.1, -0.05) is 0 Å². The number of amidine groups is 1. The average Bonchev–Trinajstić information content (AvgIpc) is 2.29. The lowest BCUT2D eigenvalue weighted by atomic mass is 10.1. The molecule has 2 rings (SSSR count). The van der Waals surface area contributed by atoms with Gasteiger partial charge >= 0.3 is 0 Å². The molecule has 1 aliphatic rings. The van der Waals surface area contributed by atoms with E-state index in [9.17, 15) is 0 Å². The van der Waals surface area contributed by atoms with Gasteiger partial charge in [0, 0.05) is 18.7 Å². The molecule has 1 heterocycles. The van der Waals surface area contributed by atoms with Gasteiger partial charge in [-0.3, -0.25) is 5.41 Å². The topological polar surface area (TPSA) is 36.3 Å². The van der Waals surface area contributed by atoms with Crippen LogP contribution in [0.15, 0.2) is 18.2 Å². The maximum atomic E-state index is 7.95. The van der Waals surface area contributed by atoms with E-state index in [2.05, 4.69) is 11.0 Å². The second-order valence-electron chi connectivity index (χ2n) is 4.21. The highest BCUT2D eigenvalue weighted by molar-refractivity contribution is 5.96. The third-order valence-corrected chi connectivity index (χ3v) is 3.06. The number of ether oxygens (including phenoxy) is 1. The van der Waals surface area contributed by atoms with Gasteiger partial charge in [0.1, 0.15) is 11.6 Å². The molecule has 0 bridgehead atoms. The Morgan fingerprint density at radius 2 is 2.12 bits per heavy atom. The van der Waals surface area contributed by atoms with Gasteiger partial charge in [0.15, 0.2) is 0 Å². The summed E-state index contributed by atoms with van der Waals surface area (Å²) in [5.74, 6) is 1.64. The second kappa shape index (κ2) is 4.56. The minimum Gasteiger partial charge on any atom is -0.496 e. The number of nitrogens with zero attached hydrogens (tertiary/aromatic N) is 1. The Kier molecular flexibility index (Phi) is 3.13. The molecule has 0 atom stereocenters. The molecule has 0 unspecified atom stereocenters. The predicted octanol–water partition coefficient (Wildman–Crippen LogP) is 2.97. The zero-order chi connectivity index (χ0) is 11.5. The van der Waals surface area contributed by atoms with E-state index in [-0.39, 0.29) is 0 Å². The van der Waals surface area contributed by atoms with Crippen LogP contribution in [-0.2, 0) is 0 Å². The number of hydrogen-bond donors (Lipinski definition) is 1. The van der Waals surface area contributed by atoms with Gasteiger partial charge in [-0.05, 0) is 43.5 Å². The highest BCUT2D eigenvalue weighted by atomic mass is 16.5. The molecule has 1 aliphatic heterocycles. The standard InChI is InChI=1S/C13H18N2O/c1-10-9-11(6-7-12(10)16-2)15-8-4-3-5-13(15)14/h6-7,9,14H,3-5,8H2,1-2H3. The van der Waals surface area contributed by atoms with E-state index in [0.717, 1.165) is 42.2 Å². The normalized spacial score (nSPS) is 16.4. The van der Waals surface area contributed by atoms with Crippen molar-refractivity contribution in [2.45, 2.75) is 26.2 Å². The predicted molar refractivity (Wildman–Crippen MR) is 66.7 cm³/mol. The Morgan fingerprint density at radius 1 is 1.31 bits per heavy atom. The maximum Gasteiger partial charge on any atom is 0.121 e. The van der Waals surface area contributed by atoms with Crippen LogP contribution < -0.4 is 9.64 Å². The third kappa shape index (κ3) is 2.03. The molecular weight excluding hydrogens is 200 g/mol. The van der Waals surface area contributed by atoms with Crippen LogP contribution in [0.4, 0.5) is 5.69 Å². The van der Waals surface area contributed by atoms with Gasteiger partial charge in [0.2, 0.25) is 0 Å². The zero-order valence-electron chi connectivity index (χ0n) is 9.92. The average molecular weight is 218 g/mol. The molecule has 3 heteroatoms. The van der Waals surface area contributed by atoms with Crippen molar-refractivity contribution in [3.05, 3.63) is 23.8 Å². The van der Waals surface area contributed by atoms with E-state index in [0.29, 0.717) is 0 Å². The van der Waals surface area contributed by atoms with E-state index in [1.807, 2.05) is 19.1 Å². The van der Waals surface area contributed by atoms with Crippen LogP contribution in [-0.4, -0.2) is 19.5 Å². The number of hydrogen-bond acceptors (Lipinski definition) is 2. The summed E-state index contributed by atoms with van der Waals surface area (Å²) in [4.78, 5) is 2.09. The highest BCUT2D eigenvalue weighted by Crippen LogP contribution is 2.26. The molecule has 0 saturated carbocycles. The van der Waals surface area contributed by atoms with Crippen molar-refractivity contribution in [1.82, 2.24) is 0 Å². The van der Waals surface area contributed by atoms with E-state index < -0.39 is 0 Å². The van der Waals surface area contributed by atoms with Crippen molar-refractivity contribution < 1.29 is 4.74 Å². The number of aryl methyl sites for hydroxylation is 1. The van der Waals surface area contributed by atoms with Crippen molar-refractivity contribution in [2.24, 2.45) is 0 Å². The van der Waals surface area contributed by atoms with Crippen molar-refractivity contribution in [1.29, 1.82) is 5.41 Å². The van der Waals surface area contributed by atoms with Gasteiger partial charge in [-0.2, -0.15) is 0 Å². The van der Waals surface area contributed by atoms with Crippen LogP contribution in [0.2, 0.25) is 0 Å². The first kappa shape index (κ1) is 11.0. The Balaban J connectivity index is 2.26. The van der Waals surface area contributed by atoms with Crippen LogP contribution in [0.25, 0.3) is 0 Å². The summed E-state index contributed by atoms with van der Waals surface area (Å²) in [7, 11) is 1.69. The molecule has 1 saturated heterocycles. The van der Waals surface area contributed by atoms with Gasteiger partial charge in [0.25, 0.3) is 0 Å². The quantitative estimate of drug-likeness (QED) is 0.828. The van der Waals surface area contributed by atoms with Crippen LogP contribution in [0.5, 0.6) is 5.75 Å². The highest BCUT2D eigenvalue weighted by Gasteiger charge is 2.16. The lowest BCUT2D eigenvalue weighted by Crippen LogP contribution is -2.34. The maximum absolute atomic E-state index is 7.95. The molecular formula is C13H18N2O. The molecule has 0 aromatic heterocycles. The van der Waals surface area contributed by atoms with Gasteiger partial charge < -0.3 is 9.64 Å². The van der Waals surface area contributed by atoms with E-state index in [1.165, 1.54) is 6.42 Å². The SMILES string of the molecule is COc1ccc(N2CCCCC2=N)cc1C. The number of methoxy groups -OCH3 is 1. The Hall–Kier alpha value is -1.51. The lowest BCUT2D eigenvalue weighted by molar-refractivity contribution is 0.411. The molecule has 1 aromatic carbocycles. The summed E-state index contributed by atoms with van der Waals surface area (Å²) in [6, 6.07) is 6.11. The summed E-state index contributed by atoms with van der Waals surface area (Å²) in [5, 5.41) is 7.95.